The smallest absolute Gasteiger partial charge is 0.329 e. The van der Waals surface area contributed by atoms with E-state index in [4.69, 9.17) is 9.47 Å². The van der Waals surface area contributed by atoms with Crippen LogP contribution in [0.5, 0.6) is 11.5 Å². The van der Waals surface area contributed by atoms with Gasteiger partial charge >= 0.3 is 6.03 Å². The minimum atomic E-state index is -0.655. The molecule has 4 amide bonds. The number of carbonyl (C=O) groups is 3. The zero-order valence-electron chi connectivity index (χ0n) is 18.3. The van der Waals surface area contributed by atoms with Gasteiger partial charge in [-0.05, 0) is 64.4 Å². The first-order valence-corrected chi connectivity index (χ1v) is 11.3. The van der Waals surface area contributed by atoms with Gasteiger partial charge in [-0.1, -0.05) is 37.8 Å². The average Bonchev–Trinajstić information content (AvgIpc) is 3.05. The first-order chi connectivity index (χ1) is 15.9. The van der Waals surface area contributed by atoms with Gasteiger partial charge < -0.3 is 20.1 Å². The van der Waals surface area contributed by atoms with Crippen molar-refractivity contribution in [2.45, 2.75) is 13.3 Å². The van der Waals surface area contributed by atoms with Gasteiger partial charge in [0, 0.05) is 5.69 Å². The molecule has 172 valence electrons. The largest absolute Gasteiger partial charge is 0.493 e. The van der Waals surface area contributed by atoms with E-state index in [1.54, 1.807) is 24.3 Å². The molecule has 1 heterocycles. The maximum Gasteiger partial charge on any atom is 0.329 e. The number of urea groups is 1. The zero-order chi connectivity index (χ0) is 24.0. The molecule has 2 aromatic carbocycles. The Balaban J connectivity index is 1.76. The summed E-state index contributed by atoms with van der Waals surface area (Å²) >= 11 is 2.10. The van der Waals surface area contributed by atoms with Crippen molar-refractivity contribution in [2.24, 2.45) is 0 Å². The van der Waals surface area contributed by atoms with Gasteiger partial charge in [0.05, 0.1) is 10.7 Å². The number of hydrogen-bond acceptors (Lipinski definition) is 5. The number of para-hydroxylation sites is 1. The van der Waals surface area contributed by atoms with Crippen LogP contribution in [0.25, 0.3) is 6.08 Å². The third-order valence-electron chi connectivity index (χ3n) is 4.84. The summed E-state index contributed by atoms with van der Waals surface area (Å²) in [5, 5.41) is 5.30. The number of aryl methyl sites for hydroxylation is 1. The monoisotopic (exact) mass is 561 g/mol. The Morgan fingerprint density at radius 2 is 2.03 bits per heavy atom. The van der Waals surface area contributed by atoms with Crippen LogP contribution in [-0.2, 0) is 16.0 Å². The van der Waals surface area contributed by atoms with Crippen molar-refractivity contribution in [1.29, 1.82) is 0 Å². The van der Waals surface area contributed by atoms with Crippen LogP contribution in [0.2, 0.25) is 0 Å². The molecular weight excluding hydrogens is 537 g/mol. The van der Waals surface area contributed by atoms with E-state index in [0.29, 0.717) is 29.4 Å². The molecule has 0 spiro atoms. The highest BCUT2D eigenvalue weighted by Gasteiger charge is 2.35. The molecule has 1 aliphatic rings. The molecule has 0 unspecified atom stereocenters. The van der Waals surface area contributed by atoms with Crippen LogP contribution in [0.1, 0.15) is 18.1 Å². The molecule has 8 nitrogen and oxygen atoms in total. The fourth-order valence-electron chi connectivity index (χ4n) is 3.27. The minimum Gasteiger partial charge on any atom is -0.493 e. The lowest BCUT2D eigenvalue weighted by Gasteiger charge is -2.14. The Kier molecular flexibility index (Phi) is 8.10. The summed E-state index contributed by atoms with van der Waals surface area (Å²) in [7, 11) is 1.52. The Morgan fingerprint density at radius 3 is 2.73 bits per heavy atom. The highest BCUT2D eigenvalue weighted by Crippen LogP contribution is 2.34. The predicted octanol–water partition coefficient (Wildman–Crippen LogP) is 3.96. The number of rotatable bonds is 9. The Hall–Kier alpha value is -3.34. The molecule has 1 aliphatic heterocycles. The van der Waals surface area contributed by atoms with Crippen molar-refractivity contribution in [3.63, 3.8) is 0 Å². The van der Waals surface area contributed by atoms with Gasteiger partial charge in [-0.25, -0.2) is 9.69 Å². The van der Waals surface area contributed by atoms with Crippen LogP contribution < -0.4 is 20.1 Å². The number of hydrogen-bond donors (Lipinski definition) is 2. The molecule has 0 atom stereocenters. The van der Waals surface area contributed by atoms with Gasteiger partial charge in [-0.3, -0.25) is 9.59 Å². The van der Waals surface area contributed by atoms with Crippen LogP contribution in [0.4, 0.5) is 10.5 Å². The number of imide groups is 1. The maximum absolute atomic E-state index is 12.8. The third-order valence-corrected chi connectivity index (χ3v) is 5.65. The van der Waals surface area contributed by atoms with Gasteiger partial charge in [-0.15, -0.1) is 0 Å². The molecule has 33 heavy (non-hydrogen) atoms. The first kappa shape index (κ1) is 24.3. The van der Waals surface area contributed by atoms with E-state index in [2.05, 4.69) is 39.8 Å². The fraction of sp³-hybridized carbons (Fsp3) is 0.208. The van der Waals surface area contributed by atoms with Crippen LogP contribution in [0.15, 0.2) is 54.8 Å². The van der Waals surface area contributed by atoms with Crippen LogP contribution in [-0.4, -0.2) is 43.0 Å². The summed E-state index contributed by atoms with van der Waals surface area (Å²) in [4.78, 5) is 38.6. The summed E-state index contributed by atoms with van der Waals surface area (Å²) in [5.74, 6) is 0.00580. The second kappa shape index (κ2) is 11.0. The number of carbonyl (C=O) groups excluding carboxylic acids is 3. The molecule has 0 aliphatic carbocycles. The van der Waals surface area contributed by atoms with Gasteiger partial charge in [-0.2, -0.15) is 0 Å². The summed E-state index contributed by atoms with van der Waals surface area (Å²) < 4.78 is 11.8. The number of benzene rings is 2. The number of nitrogens with zero attached hydrogens (tertiary/aromatic N) is 1. The van der Waals surface area contributed by atoms with E-state index < -0.39 is 24.4 Å². The normalized spacial score (nSPS) is 14.3. The lowest BCUT2D eigenvalue weighted by molar-refractivity contribution is -0.127. The summed E-state index contributed by atoms with van der Waals surface area (Å²) in [6, 6.07) is 10.2. The second-order valence-electron chi connectivity index (χ2n) is 7.07. The number of nitrogens with one attached hydrogen (secondary N) is 2. The van der Waals surface area contributed by atoms with Gasteiger partial charge in [0.15, 0.2) is 11.5 Å². The van der Waals surface area contributed by atoms with Crippen LogP contribution >= 0.6 is 22.6 Å². The standard InChI is InChI=1S/C24H24IN3O5/c1-4-10-33-22-17(25)11-15(13-20(22)32-3)12-19-23(30)28(24(31)27-19)14-21(29)26-18-9-7-6-8-16(18)5-2/h4,6-9,11-13H,1,5,10,14H2,2-3H3,(H,26,29)(H,27,31)/b19-12-. The third kappa shape index (κ3) is 5.72. The quantitative estimate of drug-likeness (QED) is 0.209. The zero-order valence-corrected chi connectivity index (χ0v) is 20.5. The minimum absolute atomic E-state index is 0.0689. The fourth-order valence-corrected chi connectivity index (χ4v) is 4.05. The SMILES string of the molecule is C=CCOc1c(I)cc(/C=C2\NC(=O)N(CC(=O)Nc3ccccc3CC)C2=O)cc1OC. The molecular formula is C24H24IN3O5. The van der Waals surface area contributed by atoms with Crippen molar-refractivity contribution in [2.75, 3.05) is 25.6 Å². The van der Waals surface area contributed by atoms with E-state index in [-0.39, 0.29) is 5.70 Å². The highest BCUT2D eigenvalue weighted by atomic mass is 127. The first-order valence-electron chi connectivity index (χ1n) is 10.2. The van der Waals surface area contributed by atoms with Crippen LogP contribution in [0, 0.1) is 3.57 Å². The lowest BCUT2D eigenvalue weighted by atomic mass is 10.1. The van der Waals surface area contributed by atoms with Crippen LogP contribution in [0.3, 0.4) is 0 Å². The number of methoxy groups -OCH3 is 1. The summed E-state index contributed by atoms with van der Waals surface area (Å²) in [5.41, 5.74) is 2.33. The maximum atomic E-state index is 12.8. The molecule has 9 heteroatoms. The highest BCUT2D eigenvalue weighted by molar-refractivity contribution is 14.1. The Morgan fingerprint density at radius 1 is 1.27 bits per heavy atom. The van der Waals surface area contributed by atoms with Crippen molar-refractivity contribution >= 4 is 52.2 Å². The molecule has 1 fully saturated rings. The van der Waals surface area contributed by atoms with E-state index in [1.807, 2.05) is 25.1 Å². The molecule has 0 aromatic heterocycles. The molecule has 0 saturated carbocycles. The van der Waals surface area contributed by atoms with Crippen molar-refractivity contribution < 1.29 is 23.9 Å². The molecule has 2 N–H and O–H groups in total. The molecule has 0 radical (unpaired) electrons. The number of anilines is 1. The molecule has 2 aromatic rings. The van der Waals surface area contributed by atoms with Gasteiger partial charge in [0.2, 0.25) is 5.91 Å². The summed E-state index contributed by atoms with van der Waals surface area (Å²) in [6.07, 6.45) is 3.91. The lowest BCUT2D eigenvalue weighted by Crippen LogP contribution is -2.38. The number of halogens is 1. The molecule has 3 rings (SSSR count). The van der Waals surface area contributed by atoms with Crippen molar-refractivity contribution in [3.05, 3.63) is 69.4 Å². The average molecular weight is 561 g/mol. The molecule has 1 saturated heterocycles. The number of ether oxygens (including phenoxy) is 2. The number of amides is 4. The van der Waals surface area contributed by atoms with Gasteiger partial charge in [0.1, 0.15) is 18.8 Å². The Labute approximate surface area is 205 Å². The van der Waals surface area contributed by atoms with Crippen molar-refractivity contribution in [1.82, 2.24) is 10.2 Å². The Bertz CT molecular complexity index is 1130. The van der Waals surface area contributed by atoms with Gasteiger partial charge in [0.25, 0.3) is 5.91 Å². The predicted molar refractivity (Wildman–Crippen MR) is 134 cm³/mol. The second-order valence-corrected chi connectivity index (χ2v) is 8.23. The summed E-state index contributed by atoms with van der Waals surface area (Å²) in [6.45, 7) is 5.54. The van der Waals surface area contributed by atoms with E-state index in [0.717, 1.165) is 20.5 Å². The van der Waals surface area contributed by atoms with Crippen molar-refractivity contribution in [3.8, 4) is 11.5 Å². The van der Waals surface area contributed by atoms with E-state index in [9.17, 15) is 14.4 Å². The van der Waals surface area contributed by atoms with E-state index >= 15 is 0 Å². The van der Waals surface area contributed by atoms with E-state index in [1.165, 1.54) is 13.2 Å². The topological polar surface area (TPSA) is 97.0 Å². The molecule has 0 bridgehead atoms.